The summed E-state index contributed by atoms with van der Waals surface area (Å²) in [6.07, 6.45) is 2.51. The highest BCUT2D eigenvalue weighted by molar-refractivity contribution is 5.78. The monoisotopic (exact) mass is 242 g/mol. The summed E-state index contributed by atoms with van der Waals surface area (Å²) in [6, 6.07) is 8.10. The first-order valence-corrected chi connectivity index (χ1v) is 6.34. The van der Waals surface area contributed by atoms with Crippen molar-refractivity contribution in [3.05, 3.63) is 46.8 Å². The standard InChI is InChI=1S/C15H18N2O/c1-4-13-12(10-18)14(5-2)17(16-13)15-9-7-6-8-11(15)3/h6-10H,4-5H2,1-3H3. The lowest BCUT2D eigenvalue weighted by Gasteiger charge is -2.09. The number of aromatic nitrogens is 2. The molecule has 0 saturated heterocycles. The Hall–Kier alpha value is -1.90. The van der Waals surface area contributed by atoms with Gasteiger partial charge in [-0.25, -0.2) is 4.68 Å². The normalized spacial score (nSPS) is 10.6. The number of benzene rings is 1. The molecule has 3 heteroatoms. The predicted molar refractivity (Wildman–Crippen MR) is 72.4 cm³/mol. The number of rotatable bonds is 4. The third-order valence-electron chi connectivity index (χ3n) is 3.23. The SMILES string of the molecule is CCc1nn(-c2ccccc2C)c(CC)c1C=O. The molecule has 3 nitrogen and oxygen atoms in total. The number of nitrogens with zero attached hydrogens (tertiary/aromatic N) is 2. The average Bonchev–Trinajstić information content (AvgIpc) is 2.76. The molecule has 2 rings (SSSR count). The first-order valence-electron chi connectivity index (χ1n) is 6.34. The molecule has 94 valence electrons. The van der Waals surface area contributed by atoms with Crippen molar-refractivity contribution in [2.45, 2.75) is 33.6 Å². The zero-order valence-electron chi connectivity index (χ0n) is 11.1. The van der Waals surface area contributed by atoms with Crippen LogP contribution < -0.4 is 0 Å². The molecule has 1 aromatic carbocycles. The van der Waals surface area contributed by atoms with Crippen molar-refractivity contribution in [2.24, 2.45) is 0 Å². The summed E-state index contributed by atoms with van der Waals surface area (Å²) in [5, 5.41) is 4.59. The van der Waals surface area contributed by atoms with Crippen molar-refractivity contribution >= 4 is 6.29 Å². The molecule has 0 N–H and O–H groups in total. The molecule has 0 fully saturated rings. The van der Waals surface area contributed by atoms with Crippen molar-refractivity contribution in [3.63, 3.8) is 0 Å². The molecule has 2 aromatic rings. The molecule has 0 aliphatic rings. The van der Waals surface area contributed by atoms with Gasteiger partial charge in [0.25, 0.3) is 0 Å². The van der Waals surface area contributed by atoms with Gasteiger partial charge in [-0.3, -0.25) is 4.79 Å². The van der Waals surface area contributed by atoms with Gasteiger partial charge in [-0.15, -0.1) is 0 Å². The van der Waals surface area contributed by atoms with E-state index in [9.17, 15) is 4.79 Å². The quantitative estimate of drug-likeness (QED) is 0.772. The predicted octanol–water partition coefficient (Wildman–Crippen LogP) is 3.12. The Morgan fingerprint density at radius 3 is 2.50 bits per heavy atom. The van der Waals surface area contributed by atoms with Crippen LogP contribution in [0, 0.1) is 6.92 Å². The van der Waals surface area contributed by atoms with Crippen molar-refractivity contribution in [2.75, 3.05) is 0 Å². The largest absolute Gasteiger partial charge is 0.298 e. The van der Waals surface area contributed by atoms with Gasteiger partial charge in [-0.2, -0.15) is 5.10 Å². The maximum Gasteiger partial charge on any atom is 0.153 e. The molecule has 0 spiro atoms. The summed E-state index contributed by atoms with van der Waals surface area (Å²) in [5.41, 5.74) is 4.84. The van der Waals surface area contributed by atoms with E-state index in [2.05, 4.69) is 25.0 Å². The second kappa shape index (κ2) is 5.17. The highest BCUT2D eigenvalue weighted by atomic mass is 16.1. The Labute approximate surface area is 107 Å². The second-order valence-corrected chi connectivity index (χ2v) is 4.33. The van der Waals surface area contributed by atoms with Gasteiger partial charge in [-0.05, 0) is 31.4 Å². The van der Waals surface area contributed by atoms with Gasteiger partial charge in [0.1, 0.15) is 0 Å². The number of carbonyl (C=O) groups excluding carboxylic acids is 1. The van der Waals surface area contributed by atoms with Gasteiger partial charge in [0.2, 0.25) is 0 Å². The molecule has 0 atom stereocenters. The van der Waals surface area contributed by atoms with Crippen LogP contribution in [0.15, 0.2) is 24.3 Å². The number of carbonyl (C=O) groups is 1. The summed E-state index contributed by atoms with van der Waals surface area (Å²) < 4.78 is 1.91. The van der Waals surface area contributed by atoms with Crippen molar-refractivity contribution in [1.29, 1.82) is 0 Å². The highest BCUT2D eigenvalue weighted by Crippen LogP contribution is 2.21. The first kappa shape index (κ1) is 12.6. The molecule has 0 aliphatic carbocycles. The number of aryl methyl sites for hydroxylation is 2. The Balaban J connectivity index is 2.68. The minimum atomic E-state index is 0.753. The molecule has 0 radical (unpaired) electrons. The van der Waals surface area contributed by atoms with Crippen LogP contribution in [-0.2, 0) is 12.8 Å². The lowest BCUT2D eigenvalue weighted by Crippen LogP contribution is -2.04. The van der Waals surface area contributed by atoms with Crippen LogP contribution in [0.5, 0.6) is 0 Å². The van der Waals surface area contributed by atoms with E-state index in [1.165, 1.54) is 0 Å². The van der Waals surface area contributed by atoms with E-state index in [-0.39, 0.29) is 0 Å². The van der Waals surface area contributed by atoms with Crippen LogP contribution >= 0.6 is 0 Å². The fraction of sp³-hybridized carbons (Fsp3) is 0.333. The van der Waals surface area contributed by atoms with E-state index in [4.69, 9.17) is 0 Å². The lowest BCUT2D eigenvalue weighted by molar-refractivity contribution is 0.112. The maximum absolute atomic E-state index is 11.2. The third kappa shape index (κ3) is 1.96. The average molecular weight is 242 g/mol. The molecule has 0 aliphatic heterocycles. The molecule has 0 saturated carbocycles. The van der Waals surface area contributed by atoms with E-state index in [1.807, 2.05) is 29.8 Å². The Bertz CT molecular complexity index is 570. The minimum absolute atomic E-state index is 0.753. The number of para-hydroxylation sites is 1. The summed E-state index contributed by atoms with van der Waals surface area (Å²) >= 11 is 0. The van der Waals surface area contributed by atoms with Crippen LogP contribution in [0.25, 0.3) is 5.69 Å². The van der Waals surface area contributed by atoms with Crippen molar-refractivity contribution in [3.8, 4) is 5.69 Å². The van der Waals surface area contributed by atoms with Crippen molar-refractivity contribution < 1.29 is 4.79 Å². The molecular formula is C15H18N2O. The topological polar surface area (TPSA) is 34.9 Å². The number of aldehydes is 1. The zero-order valence-corrected chi connectivity index (χ0v) is 11.1. The third-order valence-corrected chi connectivity index (χ3v) is 3.23. The zero-order chi connectivity index (χ0) is 13.1. The van der Waals surface area contributed by atoms with E-state index >= 15 is 0 Å². The van der Waals surface area contributed by atoms with Crippen LogP contribution in [-0.4, -0.2) is 16.1 Å². The summed E-state index contributed by atoms with van der Waals surface area (Å²) in [6.45, 7) is 6.14. The van der Waals surface area contributed by atoms with Crippen LogP contribution in [0.2, 0.25) is 0 Å². The van der Waals surface area contributed by atoms with E-state index < -0.39 is 0 Å². The van der Waals surface area contributed by atoms with Crippen molar-refractivity contribution in [1.82, 2.24) is 9.78 Å². The highest BCUT2D eigenvalue weighted by Gasteiger charge is 2.16. The molecular weight excluding hydrogens is 224 g/mol. The van der Waals surface area contributed by atoms with E-state index in [0.29, 0.717) is 0 Å². The summed E-state index contributed by atoms with van der Waals surface area (Å²) in [7, 11) is 0. The molecule has 0 amide bonds. The summed E-state index contributed by atoms with van der Waals surface area (Å²) in [5.74, 6) is 0. The van der Waals surface area contributed by atoms with Gasteiger partial charge in [-0.1, -0.05) is 32.0 Å². The molecule has 1 aromatic heterocycles. The second-order valence-electron chi connectivity index (χ2n) is 4.33. The van der Waals surface area contributed by atoms with Gasteiger partial charge in [0.15, 0.2) is 6.29 Å². The Morgan fingerprint density at radius 2 is 1.94 bits per heavy atom. The van der Waals surface area contributed by atoms with Crippen LogP contribution in [0.3, 0.4) is 0 Å². The van der Waals surface area contributed by atoms with Gasteiger partial charge in [0.05, 0.1) is 22.6 Å². The smallest absolute Gasteiger partial charge is 0.153 e. The maximum atomic E-state index is 11.2. The van der Waals surface area contributed by atoms with Gasteiger partial charge >= 0.3 is 0 Å². The van der Waals surface area contributed by atoms with Crippen LogP contribution in [0.4, 0.5) is 0 Å². The lowest BCUT2D eigenvalue weighted by atomic mass is 10.1. The summed E-state index contributed by atoms with van der Waals surface area (Å²) in [4.78, 5) is 11.2. The van der Waals surface area contributed by atoms with Crippen LogP contribution in [0.1, 0.15) is 41.2 Å². The number of hydrogen-bond donors (Lipinski definition) is 0. The first-order chi connectivity index (χ1) is 8.72. The minimum Gasteiger partial charge on any atom is -0.298 e. The Kier molecular flexibility index (Phi) is 3.60. The van der Waals surface area contributed by atoms with E-state index in [0.717, 1.165) is 47.3 Å². The molecule has 0 unspecified atom stereocenters. The Morgan fingerprint density at radius 1 is 1.22 bits per heavy atom. The molecule has 1 heterocycles. The van der Waals surface area contributed by atoms with Gasteiger partial charge < -0.3 is 0 Å². The molecule has 0 bridgehead atoms. The molecule has 18 heavy (non-hydrogen) atoms. The van der Waals surface area contributed by atoms with E-state index in [1.54, 1.807) is 0 Å². The van der Waals surface area contributed by atoms with Gasteiger partial charge in [0, 0.05) is 0 Å². The fourth-order valence-electron chi connectivity index (χ4n) is 2.25. The number of hydrogen-bond acceptors (Lipinski definition) is 2. The fourth-order valence-corrected chi connectivity index (χ4v) is 2.25.